The van der Waals surface area contributed by atoms with Crippen LogP contribution >= 0.6 is 0 Å². The molecule has 0 saturated heterocycles. The average molecular weight is 567 g/mol. The highest BCUT2D eigenvalue weighted by Gasteiger charge is 2.72. The molecule has 0 aliphatic carbocycles. The van der Waals surface area contributed by atoms with E-state index >= 15 is 0 Å². The molecule has 0 aromatic rings. The zero-order valence-electron chi connectivity index (χ0n) is 22.8. The minimum atomic E-state index is -5.86. The van der Waals surface area contributed by atoms with E-state index in [4.69, 9.17) is 9.84 Å². The van der Waals surface area contributed by atoms with Crippen LogP contribution in [0.4, 0.5) is 0 Å². The van der Waals surface area contributed by atoms with Gasteiger partial charge in [-0.2, -0.15) is 8.42 Å². The molecule has 0 aromatic carbocycles. The smallest absolute Gasteiger partial charge is 0.332 e. The molecule has 0 spiro atoms. The van der Waals surface area contributed by atoms with Crippen molar-refractivity contribution in [3.05, 3.63) is 0 Å². The van der Waals surface area contributed by atoms with Crippen molar-refractivity contribution in [3.8, 4) is 0 Å². The Morgan fingerprint density at radius 1 is 0.658 bits per heavy atom. The highest BCUT2D eigenvalue weighted by Crippen LogP contribution is 2.42. The van der Waals surface area contributed by atoms with Crippen LogP contribution in [0.25, 0.3) is 0 Å². The molecule has 11 nitrogen and oxygen atoms in total. The highest BCUT2D eigenvalue weighted by atomic mass is 32.2. The third kappa shape index (κ3) is 10.9. The van der Waals surface area contributed by atoms with Crippen LogP contribution in [0.5, 0.6) is 0 Å². The fraction of sp³-hybridized carbons (Fsp3) is 0.846. The number of carboxylic acid groups (broad SMARTS) is 3. The van der Waals surface area contributed by atoms with E-state index in [9.17, 15) is 42.4 Å². The minimum absolute atomic E-state index is 0.273. The summed E-state index contributed by atoms with van der Waals surface area (Å²) in [5, 5.41) is 28.0. The van der Waals surface area contributed by atoms with Crippen molar-refractivity contribution in [2.24, 2.45) is 5.41 Å². The lowest BCUT2D eigenvalue weighted by molar-refractivity contribution is -0.175. The molecule has 38 heavy (non-hydrogen) atoms. The number of hydrogen-bond acceptors (Lipinski definition) is 7. The Kier molecular flexibility index (Phi) is 17.1. The number of aliphatic carboxylic acids is 3. The molecule has 222 valence electrons. The number of carbonyl (C=O) groups excluding carboxylic acids is 1. The van der Waals surface area contributed by atoms with Crippen LogP contribution in [-0.2, 0) is 34.0 Å². The number of carbonyl (C=O) groups is 4. The van der Waals surface area contributed by atoms with Gasteiger partial charge in [0.05, 0.1) is 13.0 Å². The third-order valence-electron chi connectivity index (χ3n) is 7.06. The molecule has 0 saturated carbocycles. The monoisotopic (exact) mass is 566 g/mol. The standard InChI is InChI=1S/C26H46O11S/c1-3-4-5-6-7-8-9-10-11-12-13-14-15-16-17-18-19-37-24(33)26(20-21(27)28,38(34,35)36)25(2,22(29)30)23(31)32/h3-20H2,1-2H3,(H,27,28)(H,29,30)(H,31,32)(H,34,35,36). The summed E-state index contributed by atoms with van der Waals surface area (Å²) in [6, 6.07) is 0. The predicted molar refractivity (Wildman–Crippen MR) is 140 cm³/mol. The summed E-state index contributed by atoms with van der Waals surface area (Å²) < 4.78 is 35.0. The van der Waals surface area contributed by atoms with Crippen molar-refractivity contribution in [2.75, 3.05) is 6.61 Å². The van der Waals surface area contributed by atoms with Gasteiger partial charge in [-0.15, -0.1) is 0 Å². The quantitative estimate of drug-likeness (QED) is 0.0527. The Morgan fingerprint density at radius 2 is 1.00 bits per heavy atom. The van der Waals surface area contributed by atoms with E-state index < -0.39 is 50.6 Å². The number of esters is 1. The first-order chi connectivity index (χ1) is 17.8. The van der Waals surface area contributed by atoms with Gasteiger partial charge in [-0.3, -0.25) is 23.7 Å². The molecular weight excluding hydrogens is 520 g/mol. The van der Waals surface area contributed by atoms with E-state index in [-0.39, 0.29) is 13.0 Å². The molecule has 1 unspecified atom stereocenters. The van der Waals surface area contributed by atoms with E-state index in [1.165, 1.54) is 64.2 Å². The van der Waals surface area contributed by atoms with Crippen molar-refractivity contribution in [1.29, 1.82) is 0 Å². The maximum Gasteiger partial charge on any atom is 0.332 e. The number of unbranched alkanes of at least 4 members (excludes halogenated alkanes) is 15. The second kappa shape index (κ2) is 18.1. The Morgan fingerprint density at radius 3 is 1.29 bits per heavy atom. The molecule has 0 aromatic heterocycles. The van der Waals surface area contributed by atoms with Crippen molar-refractivity contribution in [3.63, 3.8) is 0 Å². The summed E-state index contributed by atoms with van der Waals surface area (Å²) in [7, 11) is -5.86. The molecule has 0 heterocycles. The normalized spacial score (nSPS) is 13.6. The van der Waals surface area contributed by atoms with Gasteiger partial charge in [0.25, 0.3) is 10.1 Å². The van der Waals surface area contributed by atoms with Gasteiger partial charge in [0, 0.05) is 0 Å². The number of ether oxygens (including phenoxy) is 1. The van der Waals surface area contributed by atoms with E-state index in [1.807, 2.05) is 0 Å². The summed E-state index contributed by atoms with van der Waals surface area (Å²) in [5.74, 6) is -8.57. The van der Waals surface area contributed by atoms with E-state index in [0.29, 0.717) is 13.3 Å². The second-order valence-corrected chi connectivity index (χ2v) is 11.7. The molecule has 0 aliphatic rings. The van der Waals surface area contributed by atoms with Crippen LogP contribution in [0.1, 0.15) is 123 Å². The van der Waals surface area contributed by atoms with Gasteiger partial charge in [0.2, 0.25) is 4.75 Å². The van der Waals surface area contributed by atoms with Crippen LogP contribution in [-0.4, -0.2) is 63.5 Å². The highest BCUT2D eigenvalue weighted by molar-refractivity contribution is 7.88. The molecule has 0 aliphatic heterocycles. The van der Waals surface area contributed by atoms with Crippen LogP contribution in [0.3, 0.4) is 0 Å². The van der Waals surface area contributed by atoms with Crippen LogP contribution in [0.15, 0.2) is 0 Å². The molecule has 1 atom stereocenters. The van der Waals surface area contributed by atoms with Crippen LogP contribution < -0.4 is 0 Å². The first kappa shape index (κ1) is 35.8. The van der Waals surface area contributed by atoms with E-state index in [0.717, 1.165) is 25.7 Å². The first-order valence-electron chi connectivity index (χ1n) is 13.6. The number of hydrogen-bond donors (Lipinski definition) is 4. The fourth-order valence-electron chi connectivity index (χ4n) is 4.49. The van der Waals surface area contributed by atoms with Gasteiger partial charge in [-0.1, -0.05) is 103 Å². The second-order valence-electron chi connectivity index (χ2n) is 10.0. The first-order valence-corrected chi connectivity index (χ1v) is 15.1. The Balaban J connectivity index is 4.51. The Bertz CT molecular complexity index is 839. The van der Waals surface area contributed by atoms with Gasteiger partial charge in [-0.25, -0.2) is 0 Å². The Hall–Kier alpha value is -2.21. The van der Waals surface area contributed by atoms with Crippen molar-refractivity contribution < 1.29 is 52.2 Å². The largest absolute Gasteiger partial charge is 0.481 e. The molecular formula is C26H46O11S. The number of rotatable bonds is 24. The molecule has 0 bridgehead atoms. The predicted octanol–water partition coefficient (Wildman–Crippen LogP) is 5.07. The van der Waals surface area contributed by atoms with Gasteiger partial charge in [0.1, 0.15) is 0 Å². The molecule has 0 radical (unpaired) electrons. The zero-order valence-corrected chi connectivity index (χ0v) is 23.6. The number of carboxylic acids is 3. The summed E-state index contributed by atoms with van der Waals surface area (Å²) in [6.45, 7) is 2.18. The van der Waals surface area contributed by atoms with Gasteiger partial charge >= 0.3 is 23.9 Å². The van der Waals surface area contributed by atoms with Crippen LogP contribution in [0, 0.1) is 5.41 Å². The maximum absolute atomic E-state index is 12.7. The van der Waals surface area contributed by atoms with Crippen molar-refractivity contribution in [1.82, 2.24) is 0 Å². The lowest BCUT2D eigenvalue weighted by atomic mass is 9.74. The molecule has 0 fully saturated rings. The third-order valence-corrected chi connectivity index (χ3v) is 8.66. The fourth-order valence-corrected chi connectivity index (χ4v) is 5.75. The topological polar surface area (TPSA) is 193 Å². The minimum Gasteiger partial charge on any atom is -0.481 e. The molecule has 0 amide bonds. The van der Waals surface area contributed by atoms with Crippen molar-refractivity contribution in [2.45, 2.75) is 128 Å². The summed E-state index contributed by atoms with van der Waals surface area (Å²) in [4.78, 5) is 47.5. The molecule has 12 heteroatoms. The summed E-state index contributed by atoms with van der Waals surface area (Å²) in [6.07, 6.45) is 15.9. The zero-order chi connectivity index (χ0) is 29.2. The SMILES string of the molecule is CCCCCCCCCCCCCCCCCCOC(=O)C(CC(=O)O)(C(C)(C(=O)O)C(=O)O)S(=O)(=O)O. The summed E-state index contributed by atoms with van der Waals surface area (Å²) >= 11 is 0. The van der Waals surface area contributed by atoms with Gasteiger partial charge in [0.15, 0.2) is 5.41 Å². The Labute approximate surface area is 226 Å². The lowest BCUT2D eigenvalue weighted by Crippen LogP contribution is -2.66. The average Bonchev–Trinajstić information content (AvgIpc) is 2.82. The lowest BCUT2D eigenvalue weighted by Gasteiger charge is -2.37. The van der Waals surface area contributed by atoms with Crippen LogP contribution in [0.2, 0.25) is 0 Å². The summed E-state index contributed by atoms with van der Waals surface area (Å²) in [5.41, 5.74) is -3.52. The van der Waals surface area contributed by atoms with E-state index in [2.05, 4.69) is 6.92 Å². The molecule has 4 N–H and O–H groups in total. The van der Waals surface area contributed by atoms with Gasteiger partial charge in [-0.05, 0) is 13.3 Å². The van der Waals surface area contributed by atoms with E-state index in [1.54, 1.807) is 0 Å². The maximum atomic E-state index is 12.7. The molecule has 0 rings (SSSR count). The van der Waals surface area contributed by atoms with Gasteiger partial charge < -0.3 is 20.1 Å². The van der Waals surface area contributed by atoms with Crippen molar-refractivity contribution >= 4 is 34.0 Å².